The molecule has 1 aliphatic heterocycles. The predicted molar refractivity (Wildman–Crippen MR) is 160 cm³/mol. The zero-order valence-corrected chi connectivity index (χ0v) is 24.5. The third-order valence-corrected chi connectivity index (χ3v) is 7.91. The number of ketones is 1. The zero-order valence-electron chi connectivity index (χ0n) is 23.7. The molecule has 10 heteroatoms. The molecule has 8 nitrogen and oxygen atoms in total. The fourth-order valence-electron chi connectivity index (χ4n) is 4.73. The molecule has 1 amide bonds. The molecule has 0 bridgehead atoms. The molecular formula is C32H31FN2O6S. The molecule has 4 aromatic rings. The van der Waals surface area contributed by atoms with Crippen LogP contribution < -0.4 is 19.1 Å². The van der Waals surface area contributed by atoms with E-state index in [-0.39, 0.29) is 16.5 Å². The Labute approximate surface area is 247 Å². The highest BCUT2D eigenvalue weighted by Crippen LogP contribution is 2.46. The first-order valence-corrected chi connectivity index (χ1v) is 14.4. The van der Waals surface area contributed by atoms with Crippen LogP contribution in [0, 0.1) is 11.7 Å². The minimum absolute atomic E-state index is 0.105. The summed E-state index contributed by atoms with van der Waals surface area (Å²) < 4.78 is 31.6. The Morgan fingerprint density at radius 1 is 1.05 bits per heavy atom. The van der Waals surface area contributed by atoms with Crippen molar-refractivity contribution in [3.63, 3.8) is 0 Å². The van der Waals surface area contributed by atoms with Crippen LogP contribution in [-0.4, -0.2) is 42.1 Å². The van der Waals surface area contributed by atoms with Crippen LogP contribution in [0.15, 0.2) is 66.2 Å². The Bertz CT molecular complexity index is 1660. The SMILES string of the molecule is CCOc1cc(C2C(=C(O)c3ccc(OC)cc3)C(=O)C(=O)N2c2nc3ccc(F)cc3s2)ccc1OCCC(C)C. The van der Waals surface area contributed by atoms with Gasteiger partial charge in [0, 0.05) is 5.56 Å². The Morgan fingerprint density at radius 2 is 1.81 bits per heavy atom. The van der Waals surface area contributed by atoms with Crippen LogP contribution in [0.4, 0.5) is 9.52 Å². The third kappa shape index (κ3) is 5.67. The first kappa shape index (κ1) is 29.1. The number of hydrogen-bond acceptors (Lipinski definition) is 8. The molecule has 1 aromatic heterocycles. The minimum Gasteiger partial charge on any atom is -0.507 e. The molecule has 1 fully saturated rings. The smallest absolute Gasteiger partial charge is 0.301 e. The number of ether oxygens (including phenoxy) is 3. The molecule has 1 unspecified atom stereocenters. The van der Waals surface area contributed by atoms with E-state index >= 15 is 0 Å². The Balaban J connectivity index is 1.67. The van der Waals surface area contributed by atoms with Crippen molar-refractivity contribution >= 4 is 44.1 Å². The standard InChI is InChI=1S/C32H31FN2O6S/c1-5-40-25-16-20(8-13-24(25)41-15-14-18(2)3)28-27(29(36)19-6-10-22(39-4)11-7-19)30(37)31(38)35(28)32-34-23-12-9-21(33)17-26(23)42-32/h6-13,16-18,28,36H,5,14-15H2,1-4H3. The first-order chi connectivity index (χ1) is 20.2. The van der Waals surface area contributed by atoms with E-state index in [1.54, 1.807) is 42.5 Å². The van der Waals surface area contributed by atoms with Gasteiger partial charge in [-0.2, -0.15) is 0 Å². The third-order valence-electron chi connectivity index (χ3n) is 6.89. The summed E-state index contributed by atoms with van der Waals surface area (Å²) in [6, 6.07) is 14.8. The predicted octanol–water partition coefficient (Wildman–Crippen LogP) is 6.89. The molecule has 2 heterocycles. The number of anilines is 1. The van der Waals surface area contributed by atoms with Crippen LogP contribution in [-0.2, 0) is 9.59 Å². The summed E-state index contributed by atoms with van der Waals surface area (Å²) in [5, 5.41) is 11.7. The lowest BCUT2D eigenvalue weighted by Gasteiger charge is -2.24. The van der Waals surface area contributed by atoms with E-state index in [0.29, 0.717) is 57.7 Å². The Hall–Kier alpha value is -4.44. The molecule has 0 radical (unpaired) electrons. The lowest BCUT2D eigenvalue weighted by molar-refractivity contribution is -0.132. The quantitative estimate of drug-likeness (QED) is 0.122. The number of aromatic nitrogens is 1. The second-order valence-corrected chi connectivity index (χ2v) is 11.2. The van der Waals surface area contributed by atoms with Crippen LogP contribution in [0.5, 0.6) is 17.2 Å². The summed E-state index contributed by atoms with van der Waals surface area (Å²) >= 11 is 1.08. The number of amides is 1. The van der Waals surface area contributed by atoms with Crippen LogP contribution in [0.3, 0.4) is 0 Å². The van der Waals surface area contributed by atoms with E-state index < -0.39 is 23.5 Å². The van der Waals surface area contributed by atoms with E-state index in [4.69, 9.17) is 14.2 Å². The molecule has 0 saturated carbocycles. The summed E-state index contributed by atoms with van der Waals surface area (Å²) in [4.78, 5) is 33.0. The molecule has 5 rings (SSSR count). The second kappa shape index (κ2) is 12.2. The normalized spacial score (nSPS) is 16.4. The fraction of sp³-hybridized carbons (Fsp3) is 0.281. The topological polar surface area (TPSA) is 98.2 Å². The van der Waals surface area contributed by atoms with Gasteiger partial charge in [-0.05, 0) is 79.4 Å². The van der Waals surface area contributed by atoms with Gasteiger partial charge in [0.2, 0.25) is 0 Å². The maximum absolute atomic E-state index is 14.0. The second-order valence-electron chi connectivity index (χ2n) is 10.2. The van der Waals surface area contributed by atoms with Crippen LogP contribution >= 0.6 is 11.3 Å². The molecule has 1 N–H and O–H groups in total. The van der Waals surface area contributed by atoms with Crippen molar-refractivity contribution < 1.29 is 33.3 Å². The lowest BCUT2D eigenvalue weighted by atomic mass is 9.95. The average Bonchev–Trinajstić information content (AvgIpc) is 3.50. The largest absolute Gasteiger partial charge is 0.507 e. The van der Waals surface area contributed by atoms with Crippen LogP contribution in [0.1, 0.15) is 44.4 Å². The molecular weight excluding hydrogens is 559 g/mol. The number of fused-ring (bicyclic) bond motifs is 1. The van der Waals surface area contributed by atoms with Gasteiger partial charge in [0.25, 0.3) is 5.78 Å². The average molecular weight is 591 g/mol. The molecule has 1 atom stereocenters. The van der Waals surface area contributed by atoms with Gasteiger partial charge in [-0.15, -0.1) is 0 Å². The number of halogens is 1. The lowest BCUT2D eigenvalue weighted by Crippen LogP contribution is -2.29. The molecule has 1 saturated heterocycles. The number of thiazole rings is 1. The molecule has 0 aliphatic carbocycles. The van der Waals surface area contributed by atoms with Crippen molar-refractivity contribution in [1.29, 1.82) is 0 Å². The van der Waals surface area contributed by atoms with E-state index in [1.807, 2.05) is 6.92 Å². The van der Waals surface area contributed by atoms with Gasteiger partial charge in [-0.25, -0.2) is 9.37 Å². The Morgan fingerprint density at radius 3 is 2.50 bits per heavy atom. The number of aliphatic hydroxyl groups excluding tert-OH is 1. The monoisotopic (exact) mass is 590 g/mol. The number of methoxy groups -OCH3 is 1. The van der Waals surface area contributed by atoms with Gasteiger partial charge in [-0.3, -0.25) is 14.5 Å². The summed E-state index contributed by atoms with van der Waals surface area (Å²) in [7, 11) is 1.52. The Kier molecular flexibility index (Phi) is 8.44. The number of carbonyl (C=O) groups excluding carboxylic acids is 2. The van der Waals surface area contributed by atoms with Gasteiger partial charge < -0.3 is 19.3 Å². The van der Waals surface area contributed by atoms with Gasteiger partial charge in [0.15, 0.2) is 16.6 Å². The minimum atomic E-state index is -1.04. The van der Waals surface area contributed by atoms with Gasteiger partial charge in [0.05, 0.1) is 42.2 Å². The highest BCUT2D eigenvalue weighted by Gasteiger charge is 2.48. The molecule has 0 spiro atoms. The molecule has 218 valence electrons. The fourth-order valence-corrected chi connectivity index (χ4v) is 5.74. The maximum atomic E-state index is 14.0. The van der Waals surface area contributed by atoms with Crippen molar-refractivity contribution in [2.45, 2.75) is 33.2 Å². The van der Waals surface area contributed by atoms with E-state index in [1.165, 1.54) is 30.2 Å². The molecule has 1 aliphatic rings. The van der Waals surface area contributed by atoms with Gasteiger partial charge >= 0.3 is 5.91 Å². The van der Waals surface area contributed by atoms with Crippen molar-refractivity contribution in [3.05, 3.63) is 83.2 Å². The number of benzene rings is 3. The number of aliphatic hydroxyl groups is 1. The molecule has 3 aromatic carbocycles. The number of Topliss-reactive ketones (excluding diaryl/α,β-unsaturated/α-hetero) is 1. The van der Waals surface area contributed by atoms with Crippen LogP contribution in [0.2, 0.25) is 0 Å². The maximum Gasteiger partial charge on any atom is 0.301 e. The first-order valence-electron chi connectivity index (χ1n) is 13.6. The number of carbonyl (C=O) groups is 2. The highest BCUT2D eigenvalue weighted by molar-refractivity contribution is 7.22. The van der Waals surface area contributed by atoms with Crippen molar-refractivity contribution in [3.8, 4) is 17.2 Å². The summed E-state index contributed by atoms with van der Waals surface area (Å²) in [5.41, 5.74) is 1.22. The van der Waals surface area contributed by atoms with Gasteiger partial charge in [0.1, 0.15) is 17.3 Å². The number of hydrogen-bond donors (Lipinski definition) is 1. The van der Waals surface area contributed by atoms with E-state index in [2.05, 4.69) is 18.8 Å². The zero-order chi connectivity index (χ0) is 30.0. The van der Waals surface area contributed by atoms with E-state index in [9.17, 15) is 19.1 Å². The molecule has 42 heavy (non-hydrogen) atoms. The van der Waals surface area contributed by atoms with Crippen molar-refractivity contribution in [1.82, 2.24) is 4.98 Å². The van der Waals surface area contributed by atoms with Gasteiger partial charge in [-0.1, -0.05) is 31.3 Å². The van der Waals surface area contributed by atoms with Crippen molar-refractivity contribution in [2.24, 2.45) is 5.92 Å². The summed E-state index contributed by atoms with van der Waals surface area (Å²) in [5.74, 6) is -0.502. The highest BCUT2D eigenvalue weighted by atomic mass is 32.1. The summed E-state index contributed by atoms with van der Waals surface area (Å²) in [6.45, 7) is 6.92. The van der Waals surface area contributed by atoms with Crippen molar-refractivity contribution in [2.75, 3.05) is 25.2 Å². The number of rotatable bonds is 10. The summed E-state index contributed by atoms with van der Waals surface area (Å²) in [6.07, 6.45) is 0.855. The van der Waals surface area contributed by atoms with E-state index in [0.717, 1.165) is 17.8 Å². The van der Waals surface area contributed by atoms with Crippen LogP contribution in [0.25, 0.3) is 16.0 Å². The number of nitrogens with zero attached hydrogens (tertiary/aromatic N) is 2.